The van der Waals surface area contributed by atoms with Crippen LogP contribution in [-0.4, -0.2) is 30.9 Å². The van der Waals surface area contributed by atoms with Crippen molar-refractivity contribution in [2.75, 3.05) is 19.5 Å². The Balaban J connectivity index is 1.51. The second-order valence-electron chi connectivity index (χ2n) is 6.71. The Morgan fingerprint density at radius 2 is 1.53 bits per heavy atom. The predicted molar refractivity (Wildman–Crippen MR) is 119 cm³/mol. The summed E-state index contributed by atoms with van der Waals surface area (Å²) >= 11 is 1.43. The van der Waals surface area contributed by atoms with Gasteiger partial charge in [-0.25, -0.2) is 4.98 Å². The monoisotopic (exact) mass is 424 g/mol. The first-order valence-corrected chi connectivity index (χ1v) is 10.4. The first-order valence-electron chi connectivity index (χ1n) is 9.59. The second kappa shape index (κ2) is 10.0. The molecule has 0 atom stereocenters. The number of anilines is 1. The van der Waals surface area contributed by atoms with Crippen LogP contribution in [0.1, 0.15) is 34.5 Å². The molecular weight excluding hydrogens is 400 g/mol. The molecule has 0 spiro atoms. The van der Waals surface area contributed by atoms with Gasteiger partial charge < -0.3 is 14.8 Å². The minimum absolute atomic E-state index is 0.0114. The molecule has 1 aromatic heterocycles. The Labute approximate surface area is 179 Å². The van der Waals surface area contributed by atoms with E-state index in [0.717, 1.165) is 21.9 Å². The molecule has 0 aliphatic carbocycles. The zero-order valence-corrected chi connectivity index (χ0v) is 18.0. The fourth-order valence-electron chi connectivity index (χ4n) is 2.98. The topological polar surface area (TPSA) is 77.5 Å². The number of thiazole rings is 1. The maximum atomic E-state index is 12.3. The lowest BCUT2D eigenvalue weighted by Gasteiger charge is -2.04. The summed E-state index contributed by atoms with van der Waals surface area (Å²) in [7, 11) is 3.21. The number of nitrogens with one attached hydrogen (secondary N) is 1. The van der Waals surface area contributed by atoms with E-state index in [9.17, 15) is 9.59 Å². The fraction of sp³-hybridized carbons (Fsp3) is 0.261. The molecular formula is C23H24N2O4S. The quantitative estimate of drug-likeness (QED) is 0.482. The molecule has 1 heterocycles. The van der Waals surface area contributed by atoms with Crippen molar-refractivity contribution in [2.45, 2.75) is 26.2 Å². The van der Waals surface area contributed by atoms with Crippen LogP contribution in [0, 0.1) is 6.92 Å². The van der Waals surface area contributed by atoms with Gasteiger partial charge in [-0.1, -0.05) is 0 Å². The van der Waals surface area contributed by atoms with E-state index >= 15 is 0 Å². The summed E-state index contributed by atoms with van der Waals surface area (Å²) in [5.41, 5.74) is 2.43. The van der Waals surface area contributed by atoms with Crippen LogP contribution >= 0.6 is 11.3 Å². The summed E-state index contributed by atoms with van der Waals surface area (Å²) in [6, 6.07) is 14.6. The molecule has 1 amide bonds. The lowest BCUT2D eigenvalue weighted by molar-refractivity contribution is -0.116. The number of hydrogen-bond acceptors (Lipinski definition) is 6. The van der Waals surface area contributed by atoms with E-state index in [0.29, 0.717) is 29.3 Å². The third-order valence-corrected chi connectivity index (χ3v) is 5.51. The van der Waals surface area contributed by atoms with E-state index < -0.39 is 0 Å². The number of carbonyl (C=O) groups is 2. The largest absolute Gasteiger partial charge is 0.497 e. The van der Waals surface area contributed by atoms with Gasteiger partial charge in [0.2, 0.25) is 5.91 Å². The minimum Gasteiger partial charge on any atom is -0.497 e. The van der Waals surface area contributed by atoms with E-state index in [1.807, 2.05) is 31.2 Å². The first-order chi connectivity index (χ1) is 14.5. The molecule has 0 saturated heterocycles. The lowest BCUT2D eigenvalue weighted by Crippen LogP contribution is -2.11. The minimum atomic E-state index is -0.146. The molecule has 3 rings (SSSR count). The van der Waals surface area contributed by atoms with Gasteiger partial charge in [0, 0.05) is 28.8 Å². The van der Waals surface area contributed by atoms with Gasteiger partial charge in [0.05, 0.1) is 19.9 Å². The number of rotatable bonds is 9. The number of benzene rings is 2. The summed E-state index contributed by atoms with van der Waals surface area (Å²) in [6.07, 6.45) is 1.05. The number of methoxy groups -OCH3 is 2. The zero-order chi connectivity index (χ0) is 21.5. The Morgan fingerprint density at radius 3 is 2.13 bits per heavy atom. The molecule has 0 bridgehead atoms. The Hall–Kier alpha value is -3.19. The van der Waals surface area contributed by atoms with Gasteiger partial charge in [0.1, 0.15) is 11.5 Å². The highest BCUT2D eigenvalue weighted by Crippen LogP contribution is 2.31. The highest BCUT2D eigenvalue weighted by molar-refractivity contribution is 7.16. The molecule has 0 unspecified atom stereocenters. The SMILES string of the molecule is COc1ccc(C(=O)CCCC(=O)Nc2nc(-c3ccc(OC)cc3)c(C)s2)cc1. The smallest absolute Gasteiger partial charge is 0.226 e. The van der Waals surface area contributed by atoms with Crippen molar-refractivity contribution in [1.82, 2.24) is 4.98 Å². The van der Waals surface area contributed by atoms with E-state index in [4.69, 9.17) is 9.47 Å². The zero-order valence-electron chi connectivity index (χ0n) is 17.2. The van der Waals surface area contributed by atoms with Crippen LogP contribution in [0.15, 0.2) is 48.5 Å². The third kappa shape index (κ3) is 5.45. The van der Waals surface area contributed by atoms with E-state index in [1.165, 1.54) is 11.3 Å². The van der Waals surface area contributed by atoms with Crippen LogP contribution in [0.3, 0.4) is 0 Å². The maximum absolute atomic E-state index is 12.3. The average molecular weight is 425 g/mol. The van der Waals surface area contributed by atoms with E-state index in [-0.39, 0.29) is 18.1 Å². The average Bonchev–Trinajstić information content (AvgIpc) is 3.13. The normalized spacial score (nSPS) is 10.5. The highest BCUT2D eigenvalue weighted by atomic mass is 32.1. The summed E-state index contributed by atoms with van der Waals surface area (Å²) in [5.74, 6) is 1.35. The molecule has 0 radical (unpaired) electrons. The molecule has 2 aromatic carbocycles. The standard InChI is InChI=1S/C23H24N2O4S/c1-15-22(17-9-13-19(29-3)14-10-17)25-23(30-15)24-21(27)6-4-5-20(26)16-7-11-18(28-2)12-8-16/h7-14H,4-6H2,1-3H3,(H,24,25,27). The maximum Gasteiger partial charge on any atom is 0.226 e. The summed E-state index contributed by atoms with van der Waals surface area (Å²) in [5, 5.41) is 3.40. The van der Waals surface area contributed by atoms with Crippen molar-refractivity contribution in [2.24, 2.45) is 0 Å². The molecule has 6 nitrogen and oxygen atoms in total. The van der Waals surface area contributed by atoms with Gasteiger partial charge >= 0.3 is 0 Å². The molecule has 7 heteroatoms. The Morgan fingerprint density at radius 1 is 0.933 bits per heavy atom. The molecule has 0 fully saturated rings. The number of carbonyl (C=O) groups excluding carboxylic acids is 2. The van der Waals surface area contributed by atoms with Crippen molar-refractivity contribution in [3.8, 4) is 22.8 Å². The van der Waals surface area contributed by atoms with Crippen LogP contribution in [0.5, 0.6) is 11.5 Å². The second-order valence-corrected chi connectivity index (χ2v) is 7.91. The molecule has 156 valence electrons. The van der Waals surface area contributed by atoms with Crippen molar-refractivity contribution < 1.29 is 19.1 Å². The van der Waals surface area contributed by atoms with Crippen molar-refractivity contribution in [3.05, 3.63) is 59.0 Å². The van der Waals surface area contributed by atoms with Crippen molar-refractivity contribution >= 4 is 28.2 Å². The molecule has 0 aliphatic heterocycles. The number of aryl methyl sites for hydroxylation is 1. The van der Waals surface area contributed by atoms with Gasteiger partial charge in [0.25, 0.3) is 0 Å². The van der Waals surface area contributed by atoms with Gasteiger partial charge in [-0.15, -0.1) is 11.3 Å². The van der Waals surface area contributed by atoms with Crippen LogP contribution in [0.4, 0.5) is 5.13 Å². The molecule has 0 saturated carbocycles. The molecule has 3 aromatic rings. The van der Waals surface area contributed by atoms with E-state index in [1.54, 1.807) is 38.5 Å². The number of ketones is 1. The molecule has 0 aliphatic rings. The lowest BCUT2D eigenvalue weighted by atomic mass is 10.1. The highest BCUT2D eigenvalue weighted by Gasteiger charge is 2.13. The van der Waals surface area contributed by atoms with Crippen LogP contribution in [0.25, 0.3) is 11.3 Å². The summed E-state index contributed by atoms with van der Waals surface area (Å²) < 4.78 is 10.3. The molecule has 1 N–H and O–H groups in total. The Kier molecular flexibility index (Phi) is 7.19. The van der Waals surface area contributed by atoms with Gasteiger partial charge in [0.15, 0.2) is 10.9 Å². The number of ether oxygens (including phenoxy) is 2. The molecule has 30 heavy (non-hydrogen) atoms. The summed E-state index contributed by atoms with van der Waals surface area (Å²) in [6.45, 7) is 1.97. The number of aromatic nitrogens is 1. The third-order valence-electron chi connectivity index (χ3n) is 4.63. The number of amides is 1. The van der Waals surface area contributed by atoms with Crippen LogP contribution in [0.2, 0.25) is 0 Å². The Bertz CT molecular complexity index is 1010. The van der Waals surface area contributed by atoms with E-state index in [2.05, 4.69) is 10.3 Å². The fourth-order valence-corrected chi connectivity index (χ4v) is 3.83. The van der Waals surface area contributed by atoms with Gasteiger partial charge in [-0.05, 0) is 61.9 Å². The van der Waals surface area contributed by atoms with Gasteiger partial charge in [-0.3, -0.25) is 9.59 Å². The van der Waals surface area contributed by atoms with Gasteiger partial charge in [-0.2, -0.15) is 0 Å². The van der Waals surface area contributed by atoms with Crippen molar-refractivity contribution in [1.29, 1.82) is 0 Å². The van der Waals surface area contributed by atoms with Crippen molar-refractivity contribution in [3.63, 3.8) is 0 Å². The number of nitrogens with zero attached hydrogens (tertiary/aromatic N) is 1. The number of hydrogen-bond donors (Lipinski definition) is 1. The first kappa shape index (κ1) is 21.5. The predicted octanol–water partition coefficient (Wildman–Crippen LogP) is 5.13. The van der Waals surface area contributed by atoms with Crippen LogP contribution in [-0.2, 0) is 4.79 Å². The van der Waals surface area contributed by atoms with Crippen LogP contribution < -0.4 is 14.8 Å². The summed E-state index contributed by atoms with van der Waals surface area (Å²) in [4.78, 5) is 30.1. The number of Topliss-reactive ketones (excluding diaryl/α,β-unsaturated/α-hetero) is 1.